The predicted molar refractivity (Wildman–Crippen MR) is 106 cm³/mol. The third-order valence-electron chi connectivity index (χ3n) is 3.73. The second-order valence-electron chi connectivity index (χ2n) is 5.65. The zero-order valence-corrected chi connectivity index (χ0v) is 15.9. The summed E-state index contributed by atoms with van der Waals surface area (Å²) in [5, 5.41) is 14.8. The Kier molecular flexibility index (Phi) is 5.10. The van der Waals surface area contributed by atoms with Gasteiger partial charge >= 0.3 is 0 Å². The third-order valence-corrected chi connectivity index (χ3v) is 4.39. The van der Waals surface area contributed by atoms with Crippen molar-refractivity contribution in [2.45, 2.75) is 6.92 Å². The number of pyridine rings is 1. The van der Waals surface area contributed by atoms with Crippen molar-refractivity contribution in [3.05, 3.63) is 71.3 Å². The fraction of sp³-hybridized carbons (Fsp3) is 0.0588. The van der Waals surface area contributed by atoms with Gasteiger partial charge in [0.05, 0.1) is 10.3 Å². The van der Waals surface area contributed by atoms with Gasteiger partial charge in [0.15, 0.2) is 5.78 Å². The smallest absolute Gasteiger partial charge is 0.294 e. The van der Waals surface area contributed by atoms with Crippen LogP contribution in [-0.4, -0.2) is 15.7 Å². The first-order valence-electron chi connectivity index (χ1n) is 7.45. The maximum absolute atomic E-state index is 12.8. The zero-order valence-electron chi connectivity index (χ0n) is 13.6. The van der Waals surface area contributed by atoms with Gasteiger partial charge < -0.3 is 10.3 Å². The number of nitrogens with one attached hydrogen (secondary N) is 2. The molecule has 0 saturated heterocycles. The molecule has 1 aromatic heterocycles. The van der Waals surface area contributed by atoms with Crippen molar-refractivity contribution >= 4 is 68.7 Å². The molecule has 1 heterocycles. The van der Waals surface area contributed by atoms with Crippen LogP contribution >= 0.6 is 34.8 Å². The normalized spacial score (nSPS) is 10.8. The zero-order chi connectivity index (χ0) is 19.9. The molecule has 0 bridgehead atoms. The second-order valence-corrected chi connectivity index (χ2v) is 6.96. The van der Waals surface area contributed by atoms with E-state index in [4.69, 9.17) is 34.8 Å². The fourth-order valence-corrected chi connectivity index (χ4v) is 3.42. The van der Waals surface area contributed by atoms with E-state index in [0.717, 1.165) is 6.07 Å². The van der Waals surface area contributed by atoms with Gasteiger partial charge in [-0.05, 0) is 31.2 Å². The van der Waals surface area contributed by atoms with Crippen LogP contribution in [0.5, 0.6) is 0 Å². The van der Waals surface area contributed by atoms with E-state index in [1.807, 2.05) is 0 Å². The SMILES string of the molecule is CC(=O)c1c(Nc2cc(Cl)cc(Cl)c2)[nH]c2c([N+](=O)[O-])cc(Cl)cc2c1=O. The number of aromatic nitrogens is 1. The molecule has 138 valence electrons. The number of fused-ring (bicyclic) bond motifs is 1. The molecule has 3 aromatic rings. The molecule has 3 rings (SSSR count). The van der Waals surface area contributed by atoms with Gasteiger partial charge in [-0.25, -0.2) is 0 Å². The molecule has 10 heteroatoms. The van der Waals surface area contributed by atoms with Crippen molar-refractivity contribution in [3.63, 3.8) is 0 Å². The molecule has 0 radical (unpaired) electrons. The molecule has 27 heavy (non-hydrogen) atoms. The average molecular weight is 427 g/mol. The number of hydrogen-bond acceptors (Lipinski definition) is 5. The lowest BCUT2D eigenvalue weighted by molar-refractivity contribution is -0.383. The first-order valence-corrected chi connectivity index (χ1v) is 8.58. The largest absolute Gasteiger partial charge is 0.341 e. The molecule has 0 fully saturated rings. The number of nitro benzene ring substituents is 1. The molecule has 0 spiro atoms. The van der Waals surface area contributed by atoms with E-state index in [9.17, 15) is 19.7 Å². The van der Waals surface area contributed by atoms with Gasteiger partial charge in [-0.1, -0.05) is 34.8 Å². The highest BCUT2D eigenvalue weighted by Crippen LogP contribution is 2.31. The van der Waals surface area contributed by atoms with Crippen LogP contribution in [-0.2, 0) is 0 Å². The number of benzene rings is 2. The number of rotatable bonds is 4. The lowest BCUT2D eigenvalue weighted by Gasteiger charge is -2.13. The van der Waals surface area contributed by atoms with Crippen molar-refractivity contribution < 1.29 is 9.72 Å². The van der Waals surface area contributed by atoms with E-state index >= 15 is 0 Å². The van der Waals surface area contributed by atoms with Crippen LogP contribution < -0.4 is 10.7 Å². The quantitative estimate of drug-likeness (QED) is 0.333. The second kappa shape index (κ2) is 7.19. The van der Waals surface area contributed by atoms with Gasteiger partial charge in [0.1, 0.15) is 16.9 Å². The van der Waals surface area contributed by atoms with E-state index < -0.39 is 21.8 Å². The summed E-state index contributed by atoms with van der Waals surface area (Å²) in [5.41, 5.74) is -0.943. The fourth-order valence-electron chi connectivity index (χ4n) is 2.68. The monoisotopic (exact) mass is 425 g/mol. The summed E-state index contributed by atoms with van der Waals surface area (Å²) in [6.07, 6.45) is 0. The molecule has 0 atom stereocenters. The number of non-ortho nitro benzene ring substituents is 1. The minimum Gasteiger partial charge on any atom is -0.341 e. The number of nitrogens with zero attached hydrogens (tertiary/aromatic N) is 1. The lowest BCUT2D eigenvalue weighted by atomic mass is 10.1. The van der Waals surface area contributed by atoms with Crippen LogP contribution in [0.15, 0.2) is 35.1 Å². The predicted octanol–water partition coefficient (Wildman–Crippen LogP) is 5.34. The summed E-state index contributed by atoms with van der Waals surface area (Å²) in [6.45, 7) is 1.21. The van der Waals surface area contributed by atoms with Crippen molar-refractivity contribution in [3.8, 4) is 0 Å². The van der Waals surface area contributed by atoms with Crippen LogP contribution in [0.2, 0.25) is 15.1 Å². The number of anilines is 2. The molecule has 0 saturated carbocycles. The number of aromatic amines is 1. The van der Waals surface area contributed by atoms with Gasteiger partial charge in [0, 0.05) is 26.8 Å². The number of Topliss-reactive ketones (excluding diaryl/α,β-unsaturated/α-hetero) is 1. The number of carbonyl (C=O) groups is 1. The molecule has 0 aliphatic heterocycles. The first kappa shape index (κ1) is 19.2. The molecule has 0 aliphatic carbocycles. The summed E-state index contributed by atoms with van der Waals surface area (Å²) in [4.78, 5) is 38.4. The Balaban J connectivity index is 2.33. The van der Waals surface area contributed by atoms with E-state index in [1.54, 1.807) is 0 Å². The standard InChI is InChI=1S/C17H10Cl3N3O4/c1-7(24)14-16(25)12-5-10(20)6-13(23(26)27)15(12)22-17(14)21-11-3-8(18)2-9(19)4-11/h2-6H,1H3,(H2,21,22,25). The summed E-state index contributed by atoms with van der Waals surface area (Å²) >= 11 is 17.8. The van der Waals surface area contributed by atoms with Gasteiger partial charge in [-0.15, -0.1) is 0 Å². The Hall–Kier alpha value is -2.61. The highest BCUT2D eigenvalue weighted by molar-refractivity contribution is 6.35. The van der Waals surface area contributed by atoms with Crippen LogP contribution in [0.3, 0.4) is 0 Å². The minimum atomic E-state index is -0.683. The number of H-pyrrole nitrogens is 1. The van der Waals surface area contributed by atoms with Crippen molar-refractivity contribution in [1.82, 2.24) is 4.98 Å². The van der Waals surface area contributed by atoms with Gasteiger partial charge in [-0.3, -0.25) is 19.7 Å². The van der Waals surface area contributed by atoms with Gasteiger partial charge in [-0.2, -0.15) is 0 Å². The number of carbonyl (C=O) groups excluding carboxylic acids is 1. The summed E-state index contributed by atoms with van der Waals surface area (Å²) in [5.74, 6) is -0.542. The van der Waals surface area contributed by atoms with E-state index in [1.165, 1.54) is 31.2 Å². The Morgan fingerprint density at radius 3 is 2.22 bits per heavy atom. The van der Waals surface area contributed by atoms with Crippen LogP contribution in [0.4, 0.5) is 17.2 Å². The van der Waals surface area contributed by atoms with Crippen molar-refractivity contribution in [2.24, 2.45) is 0 Å². The highest BCUT2D eigenvalue weighted by Gasteiger charge is 2.22. The van der Waals surface area contributed by atoms with Gasteiger partial charge in [0.2, 0.25) is 5.43 Å². The lowest BCUT2D eigenvalue weighted by Crippen LogP contribution is -2.18. The average Bonchev–Trinajstić information content (AvgIpc) is 2.53. The Labute approximate surface area is 167 Å². The maximum Gasteiger partial charge on any atom is 0.294 e. The first-order chi connectivity index (χ1) is 12.7. The Morgan fingerprint density at radius 2 is 1.67 bits per heavy atom. The van der Waals surface area contributed by atoms with Gasteiger partial charge in [0.25, 0.3) is 5.69 Å². The molecule has 0 aliphatic rings. The number of ketones is 1. The van der Waals surface area contributed by atoms with Crippen molar-refractivity contribution in [2.75, 3.05) is 5.32 Å². The van der Waals surface area contributed by atoms with Crippen LogP contribution in [0.25, 0.3) is 10.9 Å². The molecular formula is C17H10Cl3N3O4. The maximum atomic E-state index is 12.8. The summed E-state index contributed by atoms with van der Waals surface area (Å²) in [6, 6.07) is 6.95. The molecular weight excluding hydrogens is 417 g/mol. The molecule has 7 nitrogen and oxygen atoms in total. The number of halogens is 3. The number of nitro groups is 1. The van der Waals surface area contributed by atoms with E-state index in [0.29, 0.717) is 15.7 Å². The molecule has 0 unspecified atom stereocenters. The Bertz CT molecular complexity index is 1150. The molecule has 2 N–H and O–H groups in total. The molecule has 0 amide bonds. The third kappa shape index (κ3) is 3.75. The highest BCUT2D eigenvalue weighted by atomic mass is 35.5. The minimum absolute atomic E-state index is 0.0104. The number of hydrogen-bond donors (Lipinski definition) is 2. The topological polar surface area (TPSA) is 105 Å². The van der Waals surface area contributed by atoms with E-state index in [-0.39, 0.29) is 27.3 Å². The van der Waals surface area contributed by atoms with Crippen LogP contribution in [0, 0.1) is 10.1 Å². The van der Waals surface area contributed by atoms with Crippen LogP contribution in [0.1, 0.15) is 17.3 Å². The summed E-state index contributed by atoms with van der Waals surface area (Å²) in [7, 11) is 0. The summed E-state index contributed by atoms with van der Waals surface area (Å²) < 4.78 is 0. The van der Waals surface area contributed by atoms with E-state index in [2.05, 4.69) is 10.3 Å². The Morgan fingerprint density at radius 1 is 1.07 bits per heavy atom. The van der Waals surface area contributed by atoms with Crippen molar-refractivity contribution in [1.29, 1.82) is 0 Å². The molecule has 2 aromatic carbocycles.